The molecule has 261 valence electrons. The fraction of sp³-hybridized carbons (Fsp3) is 0.262. The monoisotopic (exact) mass is 682 g/mol. The molecule has 8 heteroatoms. The lowest BCUT2D eigenvalue weighted by Crippen LogP contribution is -2.36. The number of hydrogen-bond donors (Lipinski definition) is 0. The van der Waals surface area contributed by atoms with Gasteiger partial charge < -0.3 is 14.4 Å². The van der Waals surface area contributed by atoms with Crippen molar-refractivity contribution in [2.45, 2.75) is 65.7 Å². The van der Waals surface area contributed by atoms with Gasteiger partial charge in [0.25, 0.3) is 5.91 Å². The first-order chi connectivity index (χ1) is 23.7. The molecule has 0 heterocycles. The zero-order valence-corrected chi connectivity index (χ0v) is 29.1. The minimum atomic E-state index is -4.80. The Morgan fingerprint density at radius 3 is 1.94 bits per heavy atom. The number of ether oxygens (including phenoxy) is 2. The Bertz CT molecular complexity index is 1790. The molecule has 0 unspecified atom stereocenters. The summed E-state index contributed by atoms with van der Waals surface area (Å²) in [5.74, 6) is -0.713. The number of Topliss-reactive ketones (excluding diaryl/α,β-unsaturated/α-hetero) is 1. The molecule has 0 aliphatic heterocycles. The molecular weight excluding hydrogens is 639 g/mol. The number of amides is 1. The summed E-state index contributed by atoms with van der Waals surface area (Å²) in [5.41, 5.74) is 5.22. The third-order valence-corrected chi connectivity index (χ3v) is 7.93. The van der Waals surface area contributed by atoms with Crippen LogP contribution >= 0.6 is 0 Å². The van der Waals surface area contributed by atoms with Crippen molar-refractivity contribution in [3.8, 4) is 28.4 Å². The maximum atomic E-state index is 13.3. The molecule has 1 aliphatic rings. The standard InChI is InChI=1S/C36H36F3NO4.C6H7/c1-25(41)34(42)40(23-9-8-12-26-10-6-5-7-11-26)32-24-28(27-13-18-31(19-14-27)44-36(37,38)39)15-22-33(32)43-30-20-16-29(17-21-30)35(2,3)4;1-6-4-2-3-5-6/h5-7,10-11,13-22,24H,8-9,12,23H2,1-4H3;2-5H,1H3. The van der Waals surface area contributed by atoms with Crippen LogP contribution < -0.4 is 14.4 Å². The maximum Gasteiger partial charge on any atom is 0.573 e. The lowest BCUT2D eigenvalue weighted by Gasteiger charge is -2.25. The summed E-state index contributed by atoms with van der Waals surface area (Å²) >= 11 is 0. The molecular formula is C42H43F3NO4. The van der Waals surface area contributed by atoms with Crippen molar-refractivity contribution >= 4 is 17.4 Å². The molecule has 5 nitrogen and oxygen atoms in total. The SMILES string of the molecule is CC(=O)C(=O)N(CCCCc1ccccc1)c1cc(-c2ccc(OC(F)(F)F)cc2)ccc1Oc1ccc(C(C)(C)C)cc1.CC1=CC=C[CH]1. The Morgan fingerprint density at radius 2 is 1.40 bits per heavy atom. The average molecular weight is 683 g/mol. The number of halogens is 3. The van der Waals surface area contributed by atoms with Crippen LogP contribution in [0.25, 0.3) is 11.1 Å². The average Bonchev–Trinajstić information content (AvgIpc) is 3.56. The minimum absolute atomic E-state index is 0.0452. The van der Waals surface area contributed by atoms with E-state index in [1.54, 1.807) is 18.2 Å². The summed E-state index contributed by atoms with van der Waals surface area (Å²) < 4.78 is 48.3. The number of carbonyl (C=O) groups excluding carboxylic acids is 2. The molecule has 1 aliphatic carbocycles. The van der Waals surface area contributed by atoms with E-state index in [1.165, 1.54) is 47.2 Å². The molecule has 1 radical (unpaired) electrons. The number of aryl methyl sites for hydroxylation is 1. The van der Waals surface area contributed by atoms with E-state index in [2.05, 4.69) is 44.9 Å². The van der Waals surface area contributed by atoms with Gasteiger partial charge in [0.15, 0.2) is 5.75 Å². The molecule has 1 amide bonds. The van der Waals surface area contributed by atoms with Crippen molar-refractivity contribution in [1.29, 1.82) is 0 Å². The van der Waals surface area contributed by atoms with Crippen LogP contribution in [0.4, 0.5) is 18.9 Å². The van der Waals surface area contributed by atoms with Crippen LogP contribution in [-0.4, -0.2) is 24.6 Å². The van der Waals surface area contributed by atoms with Gasteiger partial charge in [0.1, 0.15) is 11.5 Å². The number of nitrogens with zero attached hydrogens (tertiary/aromatic N) is 1. The van der Waals surface area contributed by atoms with E-state index in [-0.39, 0.29) is 17.7 Å². The number of benzene rings is 4. The van der Waals surface area contributed by atoms with Gasteiger partial charge in [-0.05, 0) is 90.3 Å². The number of allylic oxidation sites excluding steroid dienone is 4. The van der Waals surface area contributed by atoms with Crippen molar-refractivity contribution in [2.75, 3.05) is 11.4 Å². The number of anilines is 1. The summed E-state index contributed by atoms with van der Waals surface area (Å²) in [6.45, 7) is 9.93. The molecule has 4 aromatic carbocycles. The molecule has 0 bridgehead atoms. The highest BCUT2D eigenvalue weighted by atomic mass is 19.4. The van der Waals surface area contributed by atoms with Gasteiger partial charge >= 0.3 is 6.36 Å². The molecule has 0 N–H and O–H groups in total. The Labute approximate surface area is 293 Å². The van der Waals surface area contributed by atoms with Gasteiger partial charge in [0.2, 0.25) is 5.78 Å². The van der Waals surface area contributed by atoms with Crippen LogP contribution in [0, 0.1) is 6.42 Å². The molecule has 0 saturated carbocycles. The fourth-order valence-corrected chi connectivity index (χ4v) is 5.23. The summed E-state index contributed by atoms with van der Waals surface area (Å²) in [6.07, 6.45) is 5.67. The molecule has 50 heavy (non-hydrogen) atoms. The third kappa shape index (κ3) is 11.5. The van der Waals surface area contributed by atoms with E-state index in [0.717, 1.165) is 18.4 Å². The fourth-order valence-electron chi connectivity index (χ4n) is 5.23. The number of unbranched alkanes of at least 4 members (excludes halogenated alkanes) is 1. The third-order valence-electron chi connectivity index (χ3n) is 7.93. The molecule has 0 fully saturated rings. The largest absolute Gasteiger partial charge is 0.573 e. The highest BCUT2D eigenvalue weighted by Crippen LogP contribution is 2.38. The summed E-state index contributed by atoms with van der Waals surface area (Å²) in [6, 6.07) is 28.3. The second-order valence-corrected chi connectivity index (χ2v) is 13.0. The van der Waals surface area contributed by atoms with Crippen molar-refractivity contribution in [1.82, 2.24) is 0 Å². The second-order valence-electron chi connectivity index (χ2n) is 13.0. The topological polar surface area (TPSA) is 55.8 Å². The Hall–Kier alpha value is -5.11. The normalized spacial score (nSPS) is 12.4. The zero-order chi connectivity index (χ0) is 36.3. The van der Waals surface area contributed by atoms with E-state index in [0.29, 0.717) is 34.7 Å². The van der Waals surface area contributed by atoms with E-state index < -0.39 is 18.1 Å². The number of alkyl halides is 3. The van der Waals surface area contributed by atoms with Crippen LogP contribution in [0.5, 0.6) is 17.2 Å². The van der Waals surface area contributed by atoms with Crippen molar-refractivity contribution in [2.24, 2.45) is 0 Å². The summed E-state index contributed by atoms with van der Waals surface area (Å²) in [7, 11) is 0. The quantitative estimate of drug-likeness (QED) is 0.117. The first-order valence-corrected chi connectivity index (χ1v) is 16.5. The Kier molecular flexibility index (Phi) is 12.8. The summed E-state index contributed by atoms with van der Waals surface area (Å²) in [4.78, 5) is 27.1. The molecule has 0 aromatic heterocycles. The molecule has 0 atom stereocenters. The number of carbonyl (C=O) groups is 2. The highest BCUT2D eigenvalue weighted by molar-refractivity contribution is 6.40. The highest BCUT2D eigenvalue weighted by Gasteiger charge is 2.31. The van der Waals surface area contributed by atoms with Gasteiger partial charge in [0, 0.05) is 19.9 Å². The lowest BCUT2D eigenvalue weighted by molar-refractivity contribution is -0.274. The zero-order valence-electron chi connectivity index (χ0n) is 29.1. The lowest BCUT2D eigenvalue weighted by atomic mass is 9.87. The number of ketones is 1. The second kappa shape index (κ2) is 17.0. The number of rotatable bonds is 11. The van der Waals surface area contributed by atoms with Crippen molar-refractivity contribution in [3.05, 3.63) is 138 Å². The first kappa shape index (κ1) is 37.7. The van der Waals surface area contributed by atoms with E-state index in [1.807, 2.05) is 66.7 Å². The van der Waals surface area contributed by atoms with Crippen LogP contribution in [-0.2, 0) is 21.4 Å². The van der Waals surface area contributed by atoms with Gasteiger partial charge in [-0.25, -0.2) is 0 Å². The molecule has 0 saturated heterocycles. The van der Waals surface area contributed by atoms with E-state index >= 15 is 0 Å². The van der Waals surface area contributed by atoms with Gasteiger partial charge in [-0.1, -0.05) is 105 Å². The van der Waals surface area contributed by atoms with Crippen LogP contribution in [0.3, 0.4) is 0 Å². The molecule has 4 aromatic rings. The number of hydrogen-bond acceptors (Lipinski definition) is 4. The molecule has 5 rings (SSSR count). The Morgan fingerprint density at radius 1 is 0.760 bits per heavy atom. The van der Waals surface area contributed by atoms with Crippen molar-refractivity contribution < 1.29 is 32.2 Å². The van der Waals surface area contributed by atoms with E-state index in [4.69, 9.17) is 4.74 Å². The smallest absolute Gasteiger partial charge is 0.455 e. The van der Waals surface area contributed by atoms with E-state index in [9.17, 15) is 22.8 Å². The summed E-state index contributed by atoms with van der Waals surface area (Å²) in [5, 5.41) is 0. The Balaban J connectivity index is 0.000000845. The predicted molar refractivity (Wildman–Crippen MR) is 193 cm³/mol. The maximum absolute atomic E-state index is 13.3. The van der Waals surface area contributed by atoms with Gasteiger partial charge in [0.05, 0.1) is 5.69 Å². The first-order valence-electron chi connectivity index (χ1n) is 16.5. The van der Waals surface area contributed by atoms with Gasteiger partial charge in [-0.3, -0.25) is 9.59 Å². The van der Waals surface area contributed by atoms with Crippen LogP contribution in [0.15, 0.2) is 121 Å². The predicted octanol–water partition coefficient (Wildman–Crippen LogP) is 11.0. The van der Waals surface area contributed by atoms with Crippen molar-refractivity contribution in [3.63, 3.8) is 0 Å². The minimum Gasteiger partial charge on any atom is -0.455 e. The van der Waals surface area contributed by atoms with Gasteiger partial charge in [-0.15, -0.1) is 13.2 Å². The molecule has 0 spiro atoms. The van der Waals surface area contributed by atoms with Crippen LogP contribution in [0.1, 0.15) is 58.6 Å². The van der Waals surface area contributed by atoms with Crippen LogP contribution in [0.2, 0.25) is 0 Å². The van der Waals surface area contributed by atoms with Gasteiger partial charge in [-0.2, -0.15) is 0 Å².